The van der Waals surface area contributed by atoms with Crippen molar-refractivity contribution in [3.63, 3.8) is 0 Å². The first-order valence-electron chi connectivity index (χ1n) is 5.14. The molecule has 0 spiro atoms. The smallest absolute Gasteiger partial charge is 0.267 e. The van der Waals surface area contributed by atoms with E-state index >= 15 is 0 Å². The summed E-state index contributed by atoms with van der Waals surface area (Å²) in [5.74, 6) is 0. The van der Waals surface area contributed by atoms with Crippen molar-refractivity contribution in [2.75, 3.05) is 53.5 Å². The molecule has 7 nitrogen and oxygen atoms in total. The fourth-order valence-corrected chi connectivity index (χ4v) is 1.80. The zero-order valence-electron chi connectivity index (χ0n) is 9.92. The van der Waals surface area contributed by atoms with E-state index in [-0.39, 0.29) is 6.61 Å². The highest BCUT2D eigenvalue weighted by Crippen LogP contribution is 2.36. The first-order chi connectivity index (χ1) is 7.39. The van der Waals surface area contributed by atoms with E-state index in [1.165, 1.54) is 0 Å². The molecule has 0 aliphatic heterocycles. The number of nitrogens with two attached hydrogens (primary N) is 2. The van der Waals surface area contributed by atoms with Crippen molar-refractivity contribution in [3.05, 3.63) is 0 Å². The molecule has 0 aromatic carbocycles. The van der Waals surface area contributed by atoms with Crippen LogP contribution in [0.25, 0.3) is 0 Å². The van der Waals surface area contributed by atoms with Crippen LogP contribution in [-0.4, -0.2) is 58.0 Å². The minimum Gasteiger partial charge on any atom is -0.756 e. The lowest BCUT2D eigenvalue weighted by Crippen LogP contribution is -2.51. The zero-order chi connectivity index (χ0) is 12.7. The van der Waals surface area contributed by atoms with Crippen molar-refractivity contribution in [2.24, 2.45) is 11.5 Å². The molecule has 0 bridgehead atoms. The maximum Gasteiger partial charge on any atom is 0.267 e. The van der Waals surface area contributed by atoms with E-state index in [2.05, 4.69) is 9.05 Å². The first kappa shape index (κ1) is 16.0. The van der Waals surface area contributed by atoms with Crippen molar-refractivity contribution in [2.45, 2.75) is 0 Å². The number of rotatable bonds is 9. The summed E-state index contributed by atoms with van der Waals surface area (Å²) in [4.78, 5) is 10.9. The molecule has 0 saturated carbocycles. The number of quaternary nitrogens is 1. The van der Waals surface area contributed by atoms with Crippen molar-refractivity contribution < 1.29 is 23.0 Å². The number of phosphoric acid groups is 1. The van der Waals surface area contributed by atoms with Crippen molar-refractivity contribution in [1.29, 1.82) is 0 Å². The molecule has 4 N–H and O–H groups in total. The summed E-state index contributed by atoms with van der Waals surface area (Å²) in [6.45, 7) is 3.12. The van der Waals surface area contributed by atoms with Crippen molar-refractivity contribution >= 4 is 7.82 Å². The summed E-state index contributed by atoms with van der Waals surface area (Å²) in [6, 6.07) is 0. The van der Waals surface area contributed by atoms with E-state index in [1.807, 2.05) is 7.05 Å². The lowest BCUT2D eigenvalue weighted by molar-refractivity contribution is -0.906. The number of nitrogens with zero attached hydrogens (tertiary/aromatic N) is 1. The molecule has 0 aromatic heterocycles. The molecule has 0 heterocycles. The highest BCUT2D eigenvalue weighted by molar-refractivity contribution is 7.45. The summed E-state index contributed by atoms with van der Waals surface area (Å²) in [5.41, 5.74) is 11.0. The molecule has 1 atom stereocenters. The third kappa shape index (κ3) is 6.55. The maximum absolute atomic E-state index is 10.9. The van der Waals surface area contributed by atoms with E-state index in [4.69, 9.17) is 11.5 Å². The van der Waals surface area contributed by atoms with Crippen molar-refractivity contribution in [1.82, 2.24) is 0 Å². The Hall–Kier alpha value is -0.0100. The van der Waals surface area contributed by atoms with Crippen LogP contribution in [0.2, 0.25) is 0 Å². The molecule has 0 aliphatic rings. The van der Waals surface area contributed by atoms with Crippen LogP contribution in [-0.2, 0) is 13.6 Å². The lowest BCUT2D eigenvalue weighted by atomic mass is 10.3. The number of phosphoric ester groups is 1. The van der Waals surface area contributed by atoms with Crippen LogP contribution >= 0.6 is 7.82 Å². The Morgan fingerprint density at radius 3 is 2.12 bits per heavy atom. The third-order valence-electron chi connectivity index (χ3n) is 2.44. The normalized spacial score (nSPS) is 16.1. The van der Waals surface area contributed by atoms with Gasteiger partial charge in [0.2, 0.25) is 0 Å². The molecule has 98 valence electrons. The Labute approximate surface area is 96.5 Å². The number of likely N-dealkylation sites (N-methyl/N-ethyl adjacent to an activating group) is 1. The van der Waals surface area contributed by atoms with Crippen molar-refractivity contribution in [3.8, 4) is 0 Å². The van der Waals surface area contributed by atoms with Crippen LogP contribution in [0.15, 0.2) is 0 Å². The van der Waals surface area contributed by atoms with Gasteiger partial charge in [0.1, 0.15) is 13.2 Å². The van der Waals surface area contributed by atoms with Crippen LogP contribution < -0.4 is 16.4 Å². The number of hydrogen-bond acceptors (Lipinski definition) is 6. The fraction of sp³-hybridized carbons (Fsp3) is 1.00. The van der Waals surface area contributed by atoms with Crippen LogP contribution in [0.1, 0.15) is 0 Å². The highest BCUT2D eigenvalue weighted by Gasteiger charge is 2.20. The van der Waals surface area contributed by atoms with Gasteiger partial charge in [-0.1, -0.05) is 0 Å². The van der Waals surface area contributed by atoms with Gasteiger partial charge in [-0.2, -0.15) is 0 Å². The molecule has 0 saturated heterocycles. The molecule has 0 amide bonds. The Kier molecular flexibility index (Phi) is 7.34. The molecule has 0 aromatic rings. The van der Waals surface area contributed by atoms with Gasteiger partial charge >= 0.3 is 0 Å². The largest absolute Gasteiger partial charge is 0.756 e. The Morgan fingerprint density at radius 1 is 1.25 bits per heavy atom. The molecule has 0 rings (SSSR count). The average Bonchev–Trinajstić information content (AvgIpc) is 2.18. The van der Waals surface area contributed by atoms with E-state index in [1.54, 1.807) is 0 Å². The first-order valence-corrected chi connectivity index (χ1v) is 6.60. The second-order valence-electron chi connectivity index (χ2n) is 3.83. The van der Waals surface area contributed by atoms with E-state index in [9.17, 15) is 9.46 Å². The van der Waals surface area contributed by atoms with Crippen LogP contribution in [0, 0.1) is 0 Å². The van der Waals surface area contributed by atoms with Gasteiger partial charge in [0.15, 0.2) is 0 Å². The standard InChI is InChI=1S/C8H22N3O4P/c1-11(5-3-9,6-4-10)7-8-15-16(12,13)14-2/h3-10H2,1-2H3. The van der Waals surface area contributed by atoms with Gasteiger partial charge < -0.3 is 29.9 Å². The van der Waals surface area contributed by atoms with Crippen LogP contribution in [0.4, 0.5) is 0 Å². The number of hydrogen-bond donors (Lipinski definition) is 2. The van der Waals surface area contributed by atoms with Crippen LogP contribution in [0.3, 0.4) is 0 Å². The SMILES string of the molecule is COP(=O)([O-])OCC[N+](C)(CCN)CCN. The summed E-state index contributed by atoms with van der Waals surface area (Å²) < 4.78 is 20.4. The van der Waals surface area contributed by atoms with Crippen LogP contribution in [0.5, 0.6) is 0 Å². The summed E-state index contributed by atoms with van der Waals surface area (Å²) in [5, 5.41) is 0. The summed E-state index contributed by atoms with van der Waals surface area (Å²) in [7, 11) is -1.08. The third-order valence-corrected chi connectivity index (χ3v) is 3.39. The van der Waals surface area contributed by atoms with Gasteiger partial charge in [0, 0.05) is 20.2 Å². The molecular weight excluding hydrogens is 233 g/mol. The average molecular weight is 255 g/mol. The Bertz CT molecular complexity index is 233. The molecule has 0 radical (unpaired) electrons. The molecule has 0 fully saturated rings. The summed E-state index contributed by atoms with van der Waals surface area (Å²) >= 11 is 0. The van der Waals surface area contributed by atoms with Gasteiger partial charge in [0.25, 0.3) is 7.82 Å². The quantitative estimate of drug-likeness (QED) is 0.382. The summed E-state index contributed by atoms with van der Waals surface area (Å²) in [6.07, 6.45) is 0. The topological polar surface area (TPSA) is 111 Å². The van der Waals surface area contributed by atoms with Gasteiger partial charge in [-0.3, -0.25) is 4.57 Å². The van der Waals surface area contributed by atoms with Gasteiger partial charge in [0.05, 0.1) is 20.1 Å². The van der Waals surface area contributed by atoms with Gasteiger partial charge in [-0.25, -0.2) is 0 Å². The minimum absolute atomic E-state index is 0.0745. The second kappa shape index (κ2) is 7.34. The lowest BCUT2D eigenvalue weighted by Gasteiger charge is -2.34. The predicted molar refractivity (Wildman–Crippen MR) is 59.5 cm³/mol. The molecule has 16 heavy (non-hydrogen) atoms. The van der Waals surface area contributed by atoms with E-state index < -0.39 is 7.82 Å². The monoisotopic (exact) mass is 255 g/mol. The Balaban J connectivity index is 4.07. The maximum atomic E-state index is 10.9. The predicted octanol–water partition coefficient (Wildman–Crippen LogP) is -1.52. The fourth-order valence-electron chi connectivity index (χ4n) is 1.38. The highest BCUT2D eigenvalue weighted by atomic mass is 31.2. The van der Waals surface area contributed by atoms with Gasteiger partial charge in [-0.05, 0) is 0 Å². The molecular formula is C8H22N3O4P. The zero-order valence-corrected chi connectivity index (χ0v) is 10.8. The van der Waals surface area contributed by atoms with E-state index in [0.717, 1.165) is 20.2 Å². The Morgan fingerprint density at radius 2 is 1.75 bits per heavy atom. The molecule has 8 heteroatoms. The van der Waals surface area contributed by atoms with Gasteiger partial charge in [-0.15, -0.1) is 0 Å². The van der Waals surface area contributed by atoms with E-state index in [0.29, 0.717) is 24.1 Å². The molecule has 0 aliphatic carbocycles. The molecule has 1 unspecified atom stereocenters. The minimum atomic E-state index is -4.12. The second-order valence-corrected chi connectivity index (χ2v) is 5.35.